The van der Waals surface area contributed by atoms with Crippen LogP contribution >= 0.6 is 0 Å². The lowest BCUT2D eigenvalue weighted by Gasteiger charge is -2.31. The number of aliphatic hydroxyl groups is 1. The molecule has 0 radical (unpaired) electrons. The molecule has 4 heterocycles. The first-order chi connectivity index (χ1) is 57.0. The average Bonchev–Trinajstić information content (AvgIpc) is 0.836. The molecule has 0 saturated carbocycles. The molecule has 12 atom stereocenters. The Kier molecular flexibility index (Phi) is 37.3. The van der Waals surface area contributed by atoms with E-state index in [1.54, 1.807) is 24.3 Å². The number of nitrogens with two attached hydrogens (primary N) is 8. The van der Waals surface area contributed by atoms with Crippen molar-refractivity contribution in [2.24, 2.45) is 55.9 Å². The van der Waals surface area contributed by atoms with Crippen LogP contribution < -0.4 is 142 Å². The Bertz CT molecular complexity index is 4310. The summed E-state index contributed by atoms with van der Waals surface area (Å²) < 4.78 is 0. The summed E-state index contributed by atoms with van der Waals surface area (Å²) in [6, 6.07) is 17.8. The lowest BCUT2D eigenvalue weighted by atomic mass is 10.0. The van der Waals surface area contributed by atoms with Gasteiger partial charge in [-0.2, -0.15) is 0 Å². The quantitative estimate of drug-likeness (QED) is 0.0274. The van der Waals surface area contributed by atoms with E-state index >= 15 is 0 Å². The van der Waals surface area contributed by atoms with Gasteiger partial charge in [0, 0.05) is 88.0 Å². The summed E-state index contributed by atoms with van der Waals surface area (Å²) in [6.07, 6.45) is 5.39. The molecular weight excluding hydrogens is 1550 g/mol. The van der Waals surface area contributed by atoms with Crippen LogP contribution in [-0.2, 0) is 70.4 Å². The SMILES string of the molecule is C[C@@H]1NC(=O)C(N)CNC(=O)[C@H](C2CCN=C(N)N2)NC(=O)/C(=C/NC(=O)Nc2ccc(Cc3ccccc3)cc2)NC(=O)[C@H](CNC(=O)C[C@@H](N)CCCN)NC1=O.NCCC[C@H](N)CC(=O)NC[C@@H]1NC(=O)[C@H](CO)NC(=O)C(N)CNC(=O)[C@H](C2CCN=C(N)N2)NC(=O)/C(=C/NC(=O)Nc2ccc(Cc3ccccc3)cc2)NC1=O. The van der Waals surface area contributed by atoms with Gasteiger partial charge in [0.15, 0.2) is 11.9 Å². The maximum Gasteiger partial charge on any atom is 0.323 e. The van der Waals surface area contributed by atoms with E-state index in [4.69, 9.17) is 45.9 Å². The van der Waals surface area contributed by atoms with E-state index in [1.807, 2.05) is 84.9 Å². The van der Waals surface area contributed by atoms with E-state index in [1.165, 1.54) is 6.92 Å². The first-order valence-corrected chi connectivity index (χ1v) is 38.5. The Morgan fingerprint density at radius 3 is 1.24 bits per heavy atom. The fraction of sp³-hybridized carbons (Fsp3) is 0.421. The summed E-state index contributed by atoms with van der Waals surface area (Å²) in [5.41, 5.74) is 50.8. The number of benzene rings is 4. The Hall–Kier alpha value is -13.2. The Labute approximate surface area is 685 Å². The van der Waals surface area contributed by atoms with E-state index in [9.17, 15) is 72.2 Å². The number of anilines is 2. The number of nitrogens with zero attached hydrogens (tertiary/aromatic N) is 2. The van der Waals surface area contributed by atoms with Crippen molar-refractivity contribution in [3.8, 4) is 0 Å². The Morgan fingerprint density at radius 1 is 0.479 bits per heavy atom. The fourth-order valence-corrected chi connectivity index (χ4v) is 12.0. The van der Waals surface area contributed by atoms with Gasteiger partial charge in [0.1, 0.15) is 59.7 Å². The van der Waals surface area contributed by atoms with Crippen molar-refractivity contribution in [1.82, 2.24) is 85.1 Å². The predicted octanol–water partition coefficient (Wildman–Crippen LogP) is -7.95. The zero-order chi connectivity index (χ0) is 86.5. The van der Waals surface area contributed by atoms with Gasteiger partial charge in [0.05, 0.1) is 18.7 Å². The lowest BCUT2D eigenvalue weighted by Crippen LogP contribution is -2.64. The van der Waals surface area contributed by atoms with E-state index in [-0.39, 0.29) is 50.7 Å². The predicted molar refractivity (Wildman–Crippen MR) is 438 cm³/mol. The third-order valence-electron chi connectivity index (χ3n) is 18.6. The number of carbonyl (C=O) groups is 14. The van der Waals surface area contributed by atoms with Gasteiger partial charge in [-0.25, -0.2) is 9.59 Å². The number of aliphatic hydroxyl groups excluding tert-OH is 1. The highest BCUT2D eigenvalue weighted by atomic mass is 16.3. The minimum absolute atomic E-state index is 0.0111. The Balaban J connectivity index is 0.000000328. The second-order valence-corrected chi connectivity index (χ2v) is 28.2. The van der Waals surface area contributed by atoms with Crippen molar-refractivity contribution < 1.29 is 72.2 Å². The van der Waals surface area contributed by atoms with E-state index < -0.39 is 200 Å². The number of amides is 16. The third-order valence-corrected chi connectivity index (χ3v) is 18.6. The smallest absolute Gasteiger partial charge is 0.323 e. The van der Waals surface area contributed by atoms with Crippen LogP contribution in [0.4, 0.5) is 21.0 Å². The first kappa shape index (κ1) is 93.0. The van der Waals surface area contributed by atoms with Gasteiger partial charge in [-0.3, -0.25) is 67.5 Å². The van der Waals surface area contributed by atoms with Gasteiger partial charge >= 0.3 is 12.1 Å². The van der Waals surface area contributed by atoms with Gasteiger partial charge in [0.2, 0.25) is 59.1 Å². The molecule has 4 aliphatic rings. The third kappa shape index (κ3) is 31.7. The molecule has 119 heavy (non-hydrogen) atoms. The number of hydrogen-bond donors (Lipinski definition) is 27. The number of rotatable bonds is 25. The highest BCUT2D eigenvalue weighted by molar-refractivity contribution is 6.05. The maximum atomic E-state index is 14.0. The molecule has 642 valence electrons. The normalized spacial score (nSPS) is 23.1. The Morgan fingerprint density at radius 2 is 0.857 bits per heavy atom. The van der Waals surface area contributed by atoms with Gasteiger partial charge in [-0.15, -0.1) is 0 Å². The summed E-state index contributed by atoms with van der Waals surface area (Å²) in [6.45, 7) is -0.338. The molecule has 8 rings (SSSR count). The molecule has 4 aliphatic heterocycles. The highest BCUT2D eigenvalue weighted by Crippen LogP contribution is 2.17. The van der Waals surface area contributed by atoms with E-state index in [0.29, 0.717) is 63.0 Å². The van der Waals surface area contributed by atoms with Crippen LogP contribution in [0.5, 0.6) is 0 Å². The van der Waals surface area contributed by atoms with Crippen molar-refractivity contribution in [2.45, 2.75) is 144 Å². The number of aliphatic imine (C=N–C) groups is 2. The lowest BCUT2D eigenvalue weighted by molar-refractivity contribution is -0.134. The number of guanidine groups is 2. The standard InChI is InChI=1S/C38H54N14O8.C38H54N14O7/c39-13-4-7-23(40)16-30(54)44-18-27-33(56)48-28(19-46-38(60)47-24-10-8-22(9-11-24)15-21-5-2-1-3-6-21)34(57)52-31(26-12-14-43-37(42)51-26)36(59)45-17-25(41)32(55)50-29(20-53)35(58)49-27;1-21-32(54)49-28(19-44-30(53)17-24(40)8-5-14-39)34(56)50-29(20-46-38(59)48-25-11-9-23(10-12-25)16-22-6-3-2-4-7-22)35(57)52-31(27-13-15-43-37(42)51-27)36(58)45-18-26(41)33(55)47-21/h1-3,5-6,8-11,19,23,25-27,29,31,53H,4,7,12-18,20,39-41H2,(H,44,54)(H,45,59)(H,48,56)(H,49,58)(H,50,55)(H,52,57)(H3,42,43,51)(H2,46,47,60);2-4,6-7,9-12,20-21,24,26-28,31H,5,8,13-19,39-41H2,1H3,(H,44,53)(H,45,58)(H,47,55)(H,49,54)(H,50,56)(H,52,57)(H3,42,43,51)(H2,46,48,59)/b28-19-;29-20-/t23-,25?,26?,27-,29-,31-;21-,24-,26?,27?,28-,31-/m00/s1. The molecule has 2 fully saturated rings. The van der Waals surface area contributed by atoms with Gasteiger partial charge in [-0.05, 0) is 118 Å². The van der Waals surface area contributed by atoms with Crippen molar-refractivity contribution in [1.29, 1.82) is 0 Å². The van der Waals surface area contributed by atoms with Crippen LogP contribution in [0.25, 0.3) is 0 Å². The van der Waals surface area contributed by atoms with E-state index in [0.717, 1.165) is 34.7 Å². The van der Waals surface area contributed by atoms with Gasteiger partial charge in [0.25, 0.3) is 11.8 Å². The van der Waals surface area contributed by atoms with E-state index in [2.05, 4.69) is 106 Å². The molecule has 0 bridgehead atoms. The molecule has 0 aliphatic carbocycles. The molecule has 0 aromatic heterocycles. The second-order valence-electron chi connectivity index (χ2n) is 28.2. The minimum atomic E-state index is -1.65. The zero-order valence-corrected chi connectivity index (χ0v) is 65.6. The van der Waals surface area contributed by atoms with Crippen LogP contribution in [0, 0.1) is 0 Å². The molecule has 35 N–H and O–H groups in total. The summed E-state index contributed by atoms with van der Waals surface area (Å²) in [5, 5.41) is 55.2. The molecular formula is C76H108N28O15. The molecule has 4 unspecified atom stereocenters. The number of urea groups is 2. The highest BCUT2D eigenvalue weighted by Gasteiger charge is 2.38. The summed E-state index contributed by atoms with van der Waals surface area (Å²) in [7, 11) is 0. The van der Waals surface area contributed by atoms with Crippen molar-refractivity contribution >= 4 is 106 Å². The van der Waals surface area contributed by atoms with Crippen molar-refractivity contribution in [3.63, 3.8) is 0 Å². The number of carbonyl (C=O) groups excluding carboxylic acids is 14. The fourth-order valence-electron chi connectivity index (χ4n) is 12.0. The largest absolute Gasteiger partial charge is 0.394 e. The molecule has 43 heteroatoms. The van der Waals surface area contributed by atoms with Crippen molar-refractivity contribution in [3.05, 3.63) is 155 Å². The molecule has 0 spiro atoms. The van der Waals surface area contributed by atoms with Crippen LogP contribution in [-0.4, -0.2) is 231 Å². The van der Waals surface area contributed by atoms with Crippen LogP contribution in [0.1, 0.15) is 80.5 Å². The topological polar surface area (TPSA) is 709 Å². The van der Waals surface area contributed by atoms with Crippen LogP contribution in [0.3, 0.4) is 0 Å². The summed E-state index contributed by atoms with van der Waals surface area (Å²) >= 11 is 0. The summed E-state index contributed by atoms with van der Waals surface area (Å²) in [4.78, 5) is 195. The molecule has 4 aromatic rings. The van der Waals surface area contributed by atoms with Crippen LogP contribution in [0.2, 0.25) is 0 Å². The number of hydrogen-bond acceptors (Lipinski definition) is 27. The first-order valence-electron chi connectivity index (χ1n) is 38.5. The second kappa shape index (κ2) is 47.7. The van der Waals surface area contributed by atoms with Gasteiger partial charge < -0.3 is 147 Å². The van der Waals surface area contributed by atoms with Gasteiger partial charge in [-0.1, -0.05) is 84.9 Å². The molecule has 2 saturated heterocycles. The maximum absolute atomic E-state index is 14.0. The average molecular weight is 1650 g/mol. The minimum Gasteiger partial charge on any atom is -0.394 e. The zero-order valence-electron chi connectivity index (χ0n) is 65.6. The summed E-state index contributed by atoms with van der Waals surface area (Å²) in [5.74, 6) is -10.6. The molecule has 16 amide bonds. The van der Waals surface area contributed by atoms with Crippen molar-refractivity contribution in [2.75, 3.05) is 69.6 Å². The molecule has 43 nitrogen and oxygen atoms in total. The monoisotopic (exact) mass is 1650 g/mol. The van der Waals surface area contributed by atoms with Crippen LogP contribution in [0.15, 0.2) is 143 Å². The molecule has 4 aromatic carbocycles. The number of nitrogens with one attached hydrogen (secondary N) is 18.